The molecule has 3 rings (SSSR count). The van der Waals surface area contributed by atoms with Gasteiger partial charge in [-0.2, -0.15) is 0 Å². The highest BCUT2D eigenvalue weighted by atomic mass is 16.2. The zero-order valence-corrected chi connectivity index (χ0v) is 16.2. The molecule has 0 aliphatic carbocycles. The molecule has 0 saturated carbocycles. The van der Waals surface area contributed by atoms with Gasteiger partial charge in [0.1, 0.15) is 5.82 Å². The summed E-state index contributed by atoms with van der Waals surface area (Å²) in [7, 11) is 0. The van der Waals surface area contributed by atoms with Gasteiger partial charge in [0.05, 0.1) is 11.9 Å². The van der Waals surface area contributed by atoms with E-state index in [0.29, 0.717) is 24.2 Å². The van der Waals surface area contributed by atoms with Crippen molar-refractivity contribution < 1.29 is 9.59 Å². The molecule has 1 aliphatic heterocycles. The normalized spacial score (nSPS) is 12.6. The van der Waals surface area contributed by atoms with Crippen LogP contribution in [0.4, 0.5) is 17.2 Å². The summed E-state index contributed by atoms with van der Waals surface area (Å²) in [6.07, 6.45) is 2.95. The van der Waals surface area contributed by atoms with Crippen molar-refractivity contribution in [1.82, 2.24) is 4.98 Å². The Kier molecular flexibility index (Phi) is 5.74. The number of nitrogens with one attached hydrogen (secondary N) is 1. The number of hydrogen-bond acceptors (Lipinski definition) is 4. The maximum Gasteiger partial charge on any atom is 0.255 e. The molecule has 0 radical (unpaired) electrons. The third kappa shape index (κ3) is 3.94. The Morgan fingerprint density at radius 1 is 1.15 bits per heavy atom. The van der Waals surface area contributed by atoms with Gasteiger partial charge in [0.25, 0.3) is 5.91 Å². The van der Waals surface area contributed by atoms with Crippen molar-refractivity contribution in [3.05, 3.63) is 47.7 Å². The van der Waals surface area contributed by atoms with E-state index in [2.05, 4.69) is 29.0 Å². The van der Waals surface area contributed by atoms with Crippen molar-refractivity contribution in [2.45, 2.75) is 33.6 Å². The second-order valence-electron chi connectivity index (χ2n) is 6.52. The summed E-state index contributed by atoms with van der Waals surface area (Å²) in [5.74, 6) is 0.844. The van der Waals surface area contributed by atoms with Crippen molar-refractivity contribution in [2.24, 2.45) is 0 Å². The molecule has 1 aliphatic rings. The molecule has 2 amide bonds. The van der Waals surface area contributed by atoms with Gasteiger partial charge in [-0.15, -0.1) is 0 Å². The van der Waals surface area contributed by atoms with Gasteiger partial charge in [-0.05, 0) is 56.2 Å². The van der Waals surface area contributed by atoms with E-state index >= 15 is 0 Å². The first-order valence-electron chi connectivity index (χ1n) is 9.53. The fourth-order valence-corrected chi connectivity index (χ4v) is 3.39. The van der Waals surface area contributed by atoms with Crippen LogP contribution in [0, 0.1) is 0 Å². The molecular weight excluding hydrogens is 340 g/mol. The van der Waals surface area contributed by atoms with Crippen LogP contribution < -0.4 is 15.1 Å². The number of rotatable bonds is 6. The Morgan fingerprint density at radius 3 is 2.56 bits per heavy atom. The molecule has 1 aromatic heterocycles. The van der Waals surface area contributed by atoms with Gasteiger partial charge in [0.15, 0.2) is 0 Å². The molecule has 2 aromatic rings. The van der Waals surface area contributed by atoms with E-state index in [9.17, 15) is 9.59 Å². The van der Waals surface area contributed by atoms with Crippen LogP contribution in [0.25, 0.3) is 0 Å². The topological polar surface area (TPSA) is 65.5 Å². The quantitative estimate of drug-likeness (QED) is 0.850. The summed E-state index contributed by atoms with van der Waals surface area (Å²) in [6.45, 7) is 8.50. The van der Waals surface area contributed by atoms with E-state index in [0.717, 1.165) is 36.6 Å². The molecule has 2 heterocycles. The molecular formula is C21H26N4O2. The highest BCUT2D eigenvalue weighted by Crippen LogP contribution is 2.29. The van der Waals surface area contributed by atoms with E-state index in [1.807, 2.05) is 31.2 Å². The lowest BCUT2D eigenvalue weighted by atomic mass is 10.1. The van der Waals surface area contributed by atoms with Gasteiger partial charge in [-0.3, -0.25) is 9.59 Å². The second-order valence-corrected chi connectivity index (χ2v) is 6.52. The molecule has 0 spiro atoms. The summed E-state index contributed by atoms with van der Waals surface area (Å²) in [4.78, 5) is 33.0. The minimum Gasteiger partial charge on any atom is -0.357 e. The number of anilines is 3. The first kappa shape index (κ1) is 18.9. The average molecular weight is 366 g/mol. The molecule has 6 heteroatoms. The maximum atomic E-state index is 12.6. The van der Waals surface area contributed by atoms with E-state index < -0.39 is 0 Å². The minimum atomic E-state index is -0.171. The van der Waals surface area contributed by atoms with Crippen molar-refractivity contribution >= 4 is 29.0 Å². The van der Waals surface area contributed by atoms with Crippen LogP contribution >= 0.6 is 0 Å². The van der Waals surface area contributed by atoms with Gasteiger partial charge < -0.3 is 15.1 Å². The molecule has 0 bridgehead atoms. The predicted octanol–water partition coefficient (Wildman–Crippen LogP) is 3.48. The van der Waals surface area contributed by atoms with Crippen molar-refractivity contribution in [2.75, 3.05) is 34.8 Å². The molecule has 0 saturated heterocycles. The molecule has 142 valence electrons. The molecule has 0 unspecified atom stereocenters. The lowest BCUT2D eigenvalue weighted by Gasteiger charge is -2.19. The maximum absolute atomic E-state index is 12.6. The number of pyridine rings is 1. The standard InChI is InChI=1S/C21H26N4O2/c1-4-20(26)25-12-11-15-13-16(7-9-18(15)25)21(27)23-17-8-10-19(22-14-17)24(5-2)6-3/h7-10,13-14H,4-6,11-12H2,1-3H3,(H,23,27). The van der Waals surface area contributed by atoms with Crippen molar-refractivity contribution in [1.29, 1.82) is 0 Å². The molecule has 1 aromatic carbocycles. The summed E-state index contributed by atoms with van der Waals surface area (Å²) in [6, 6.07) is 9.30. The number of benzene rings is 1. The first-order chi connectivity index (χ1) is 13.1. The number of fused-ring (bicyclic) bond motifs is 1. The van der Waals surface area contributed by atoms with Gasteiger partial charge in [0.2, 0.25) is 5.91 Å². The van der Waals surface area contributed by atoms with Crippen LogP contribution in [0.15, 0.2) is 36.5 Å². The lowest BCUT2D eigenvalue weighted by Crippen LogP contribution is -2.27. The first-order valence-corrected chi connectivity index (χ1v) is 9.53. The molecule has 6 nitrogen and oxygen atoms in total. The van der Waals surface area contributed by atoms with Gasteiger partial charge in [-0.1, -0.05) is 6.92 Å². The van der Waals surface area contributed by atoms with E-state index in [4.69, 9.17) is 0 Å². The zero-order valence-electron chi connectivity index (χ0n) is 16.2. The Balaban J connectivity index is 1.71. The number of amides is 2. The van der Waals surface area contributed by atoms with Crippen LogP contribution in [-0.4, -0.2) is 36.4 Å². The number of aromatic nitrogens is 1. The van der Waals surface area contributed by atoms with Gasteiger partial charge >= 0.3 is 0 Å². The van der Waals surface area contributed by atoms with Gasteiger partial charge in [0, 0.05) is 37.3 Å². The van der Waals surface area contributed by atoms with Crippen LogP contribution in [0.1, 0.15) is 43.1 Å². The molecule has 0 fully saturated rings. The second kappa shape index (κ2) is 8.20. The number of hydrogen-bond donors (Lipinski definition) is 1. The lowest BCUT2D eigenvalue weighted by molar-refractivity contribution is -0.118. The van der Waals surface area contributed by atoms with Crippen LogP contribution in [-0.2, 0) is 11.2 Å². The van der Waals surface area contributed by atoms with Crippen LogP contribution in [0.3, 0.4) is 0 Å². The number of nitrogens with zero attached hydrogens (tertiary/aromatic N) is 3. The molecule has 27 heavy (non-hydrogen) atoms. The summed E-state index contributed by atoms with van der Waals surface area (Å²) in [5.41, 5.74) is 3.22. The Morgan fingerprint density at radius 2 is 1.93 bits per heavy atom. The largest absolute Gasteiger partial charge is 0.357 e. The number of carbonyl (C=O) groups excluding carboxylic acids is 2. The highest BCUT2D eigenvalue weighted by Gasteiger charge is 2.24. The smallest absolute Gasteiger partial charge is 0.255 e. The Hall–Kier alpha value is -2.89. The SMILES string of the molecule is CCC(=O)N1CCc2cc(C(=O)Nc3ccc(N(CC)CC)nc3)ccc21. The van der Waals surface area contributed by atoms with E-state index in [1.165, 1.54) is 0 Å². The van der Waals surface area contributed by atoms with Gasteiger partial charge in [-0.25, -0.2) is 4.98 Å². The fraction of sp³-hybridized carbons (Fsp3) is 0.381. The monoisotopic (exact) mass is 366 g/mol. The minimum absolute atomic E-state index is 0.116. The average Bonchev–Trinajstić information content (AvgIpc) is 3.12. The van der Waals surface area contributed by atoms with Crippen molar-refractivity contribution in [3.8, 4) is 0 Å². The highest BCUT2D eigenvalue weighted by molar-refractivity contribution is 6.05. The Labute approximate surface area is 160 Å². The fourth-order valence-electron chi connectivity index (χ4n) is 3.39. The Bertz CT molecular complexity index is 829. The summed E-state index contributed by atoms with van der Waals surface area (Å²) < 4.78 is 0. The van der Waals surface area contributed by atoms with Crippen molar-refractivity contribution in [3.63, 3.8) is 0 Å². The predicted molar refractivity (Wildman–Crippen MR) is 109 cm³/mol. The zero-order chi connectivity index (χ0) is 19.4. The molecule has 1 N–H and O–H groups in total. The third-order valence-corrected chi connectivity index (χ3v) is 4.93. The number of carbonyl (C=O) groups is 2. The van der Waals surface area contributed by atoms with E-state index in [1.54, 1.807) is 17.2 Å². The summed E-state index contributed by atoms with van der Waals surface area (Å²) in [5, 5.41) is 2.90. The van der Waals surface area contributed by atoms with E-state index in [-0.39, 0.29) is 11.8 Å². The third-order valence-electron chi connectivity index (χ3n) is 4.93. The molecule has 0 atom stereocenters. The van der Waals surface area contributed by atoms with Crippen LogP contribution in [0.5, 0.6) is 0 Å². The van der Waals surface area contributed by atoms with Crippen LogP contribution in [0.2, 0.25) is 0 Å². The summed E-state index contributed by atoms with van der Waals surface area (Å²) >= 11 is 0.